The van der Waals surface area contributed by atoms with Crippen LogP contribution in [0.3, 0.4) is 0 Å². The lowest BCUT2D eigenvalue weighted by Crippen LogP contribution is -2.48. The monoisotopic (exact) mass is 440 g/mol. The predicted octanol–water partition coefficient (Wildman–Crippen LogP) is 2.77. The van der Waals surface area contributed by atoms with E-state index in [1.54, 1.807) is 7.11 Å². The molecular formula is C23H29FN6O2. The van der Waals surface area contributed by atoms with E-state index in [1.165, 1.54) is 12.1 Å². The molecule has 1 aromatic heterocycles. The topological polar surface area (TPSA) is 68.5 Å². The summed E-state index contributed by atoms with van der Waals surface area (Å²) in [7, 11) is 1.67. The van der Waals surface area contributed by atoms with Gasteiger partial charge < -0.3 is 14.4 Å². The number of benzene rings is 2. The molecule has 1 atom stereocenters. The van der Waals surface area contributed by atoms with Crippen molar-refractivity contribution in [2.75, 3.05) is 51.4 Å². The summed E-state index contributed by atoms with van der Waals surface area (Å²) in [4.78, 5) is 4.67. The Morgan fingerprint density at radius 1 is 1.00 bits per heavy atom. The second kappa shape index (κ2) is 10.5. The maximum Gasteiger partial charge on any atom is 0.173 e. The maximum absolute atomic E-state index is 13.3. The molecular weight excluding hydrogens is 411 g/mol. The molecule has 0 N–H and O–H groups in total. The van der Waals surface area contributed by atoms with E-state index < -0.39 is 0 Å². The highest BCUT2D eigenvalue weighted by molar-refractivity contribution is 5.46. The molecule has 0 bridgehead atoms. The third-order valence-electron chi connectivity index (χ3n) is 5.69. The van der Waals surface area contributed by atoms with E-state index in [4.69, 9.17) is 9.47 Å². The van der Waals surface area contributed by atoms with Crippen LogP contribution < -0.4 is 9.64 Å². The highest BCUT2D eigenvalue weighted by atomic mass is 19.1. The molecule has 1 aliphatic heterocycles. The van der Waals surface area contributed by atoms with Crippen LogP contribution in [0.1, 0.15) is 24.4 Å². The molecule has 2 aromatic carbocycles. The second-order valence-electron chi connectivity index (χ2n) is 7.66. The number of rotatable bonds is 9. The van der Waals surface area contributed by atoms with Crippen LogP contribution in [0.25, 0.3) is 0 Å². The third kappa shape index (κ3) is 5.05. The number of halogens is 1. The van der Waals surface area contributed by atoms with Gasteiger partial charge in [-0.1, -0.05) is 12.1 Å². The summed E-state index contributed by atoms with van der Waals surface area (Å²) in [5.41, 5.74) is 2.14. The number of nitrogens with zero attached hydrogens (tertiary/aromatic N) is 6. The molecule has 0 spiro atoms. The van der Waals surface area contributed by atoms with Crippen molar-refractivity contribution in [3.63, 3.8) is 0 Å². The number of hydrogen-bond donors (Lipinski definition) is 0. The summed E-state index contributed by atoms with van der Waals surface area (Å²) >= 11 is 0. The Kier molecular flexibility index (Phi) is 7.28. The molecule has 0 amide bonds. The number of hydrogen-bond acceptors (Lipinski definition) is 7. The predicted molar refractivity (Wildman–Crippen MR) is 119 cm³/mol. The van der Waals surface area contributed by atoms with E-state index in [9.17, 15) is 4.39 Å². The van der Waals surface area contributed by atoms with Crippen molar-refractivity contribution in [1.82, 2.24) is 25.1 Å². The van der Waals surface area contributed by atoms with Gasteiger partial charge in [-0.15, -0.1) is 5.10 Å². The zero-order valence-corrected chi connectivity index (χ0v) is 18.5. The maximum atomic E-state index is 13.3. The third-order valence-corrected chi connectivity index (χ3v) is 5.69. The Morgan fingerprint density at radius 3 is 2.38 bits per heavy atom. The number of methoxy groups -OCH3 is 1. The van der Waals surface area contributed by atoms with E-state index in [2.05, 4.69) is 37.5 Å². The van der Waals surface area contributed by atoms with Crippen molar-refractivity contribution in [3.8, 4) is 5.75 Å². The van der Waals surface area contributed by atoms with E-state index in [0.717, 1.165) is 49.0 Å². The normalized spacial score (nSPS) is 15.7. The first-order valence-electron chi connectivity index (χ1n) is 10.9. The van der Waals surface area contributed by atoms with Crippen LogP contribution in [0.4, 0.5) is 10.1 Å². The van der Waals surface area contributed by atoms with Crippen molar-refractivity contribution < 1.29 is 13.9 Å². The molecule has 0 aliphatic carbocycles. The van der Waals surface area contributed by atoms with E-state index >= 15 is 0 Å². The van der Waals surface area contributed by atoms with Crippen molar-refractivity contribution in [1.29, 1.82) is 0 Å². The molecule has 8 nitrogen and oxygen atoms in total. The SMILES string of the molecule is CCOc1ccc([C@H](c2nnnn2CCOC)N2CCN(c3ccc(F)cc3)CC2)cc1. The summed E-state index contributed by atoms with van der Waals surface area (Å²) in [5, 5.41) is 12.5. The fourth-order valence-electron chi connectivity index (χ4n) is 4.07. The molecule has 1 aliphatic rings. The zero-order valence-electron chi connectivity index (χ0n) is 18.5. The van der Waals surface area contributed by atoms with Gasteiger partial charge in [-0.2, -0.15) is 0 Å². The smallest absolute Gasteiger partial charge is 0.173 e. The average molecular weight is 441 g/mol. The molecule has 0 radical (unpaired) electrons. The summed E-state index contributed by atoms with van der Waals surface area (Å²) in [6.07, 6.45) is 0. The highest BCUT2D eigenvalue weighted by Gasteiger charge is 2.30. The minimum Gasteiger partial charge on any atom is -0.494 e. The molecule has 3 aromatic rings. The van der Waals surface area contributed by atoms with E-state index in [1.807, 2.05) is 35.9 Å². The van der Waals surface area contributed by atoms with E-state index in [0.29, 0.717) is 19.8 Å². The molecule has 2 heterocycles. The molecule has 1 saturated heterocycles. The van der Waals surface area contributed by atoms with Crippen LogP contribution in [-0.2, 0) is 11.3 Å². The first kappa shape index (κ1) is 22.2. The lowest BCUT2D eigenvalue weighted by molar-refractivity contribution is 0.171. The molecule has 0 unspecified atom stereocenters. The number of aromatic nitrogens is 4. The van der Waals surface area contributed by atoms with Gasteiger partial charge in [0.25, 0.3) is 0 Å². The fourth-order valence-corrected chi connectivity index (χ4v) is 4.07. The lowest BCUT2D eigenvalue weighted by Gasteiger charge is -2.40. The summed E-state index contributed by atoms with van der Waals surface area (Å²) in [6.45, 7) is 7.04. The number of anilines is 1. The van der Waals surface area contributed by atoms with Gasteiger partial charge in [-0.3, -0.25) is 4.90 Å². The fraction of sp³-hybridized carbons (Fsp3) is 0.435. The standard InChI is InChI=1S/C23H29FN6O2/c1-3-32-21-10-4-18(5-11-21)22(23-25-26-27-30(23)16-17-31-2)29-14-12-28(13-15-29)20-8-6-19(24)7-9-20/h4-11,22H,3,12-17H2,1-2H3/t22-/m1/s1. The molecule has 32 heavy (non-hydrogen) atoms. The van der Waals surface area contributed by atoms with Crippen molar-refractivity contribution in [2.45, 2.75) is 19.5 Å². The Labute approximate surface area is 187 Å². The van der Waals surface area contributed by atoms with Crippen LogP contribution in [0, 0.1) is 5.82 Å². The van der Waals surface area contributed by atoms with E-state index in [-0.39, 0.29) is 11.9 Å². The first-order valence-corrected chi connectivity index (χ1v) is 10.9. The summed E-state index contributed by atoms with van der Waals surface area (Å²) < 4.78 is 26.0. The molecule has 170 valence electrons. The minimum atomic E-state index is -0.217. The zero-order chi connectivity index (χ0) is 22.3. The Balaban J connectivity index is 1.57. The largest absolute Gasteiger partial charge is 0.494 e. The number of ether oxygens (including phenoxy) is 2. The van der Waals surface area contributed by atoms with Crippen LogP contribution in [-0.4, -0.2) is 71.6 Å². The Bertz CT molecular complexity index is 971. The average Bonchev–Trinajstić information content (AvgIpc) is 3.28. The Hall–Kier alpha value is -3.04. The van der Waals surface area contributed by atoms with Crippen LogP contribution in [0.2, 0.25) is 0 Å². The second-order valence-corrected chi connectivity index (χ2v) is 7.66. The Morgan fingerprint density at radius 2 is 1.72 bits per heavy atom. The number of tetrazole rings is 1. The van der Waals surface area contributed by atoms with Gasteiger partial charge in [-0.05, 0) is 59.3 Å². The molecule has 9 heteroatoms. The van der Waals surface area contributed by atoms with Gasteiger partial charge in [-0.25, -0.2) is 9.07 Å². The number of piperazine rings is 1. The van der Waals surface area contributed by atoms with Gasteiger partial charge in [0.2, 0.25) is 0 Å². The summed E-state index contributed by atoms with van der Waals surface area (Å²) in [6, 6.07) is 14.7. The van der Waals surface area contributed by atoms with Crippen LogP contribution in [0.5, 0.6) is 5.75 Å². The van der Waals surface area contributed by atoms with Crippen molar-refractivity contribution in [3.05, 3.63) is 65.7 Å². The van der Waals surface area contributed by atoms with Gasteiger partial charge in [0.05, 0.1) is 25.8 Å². The van der Waals surface area contributed by atoms with Gasteiger partial charge >= 0.3 is 0 Å². The molecule has 1 fully saturated rings. The van der Waals surface area contributed by atoms with Gasteiger partial charge in [0, 0.05) is 39.0 Å². The minimum absolute atomic E-state index is 0.0899. The van der Waals surface area contributed by atoms with Crippen molar-refractivity contribution in [2.24, 2.45) is 0 Å². The van der Waals surface area contributed by atoms with Gasteiger partial charge in [0.15, 0.2) is 5.82 Å². The van der Waals surface area contributed by atoms with Gasteiger partial charge in [0.1, 0.15) is 11.6 Å². The lowest BCUT2D eigenvalue weighted by atomic mass is 10.0. The van der Waals surface area contributed by atoms with Crippen LogP contribution in [0.15, 0.2) is 48.5 Å². The molecule has 0 saturated carbocycles. The summed E-state index contributed by atoms with van der Waals surface area (Å²) in [5.74, 6) is 1.42. The molecule has 4 rings (SSSR count). The highest BCUT2D eigenvalue weighted by Crippen LogP contribution is 2.30. The quantitative estimate of drug-likeness (QED) is 0.507. The van der Waals surface area contributed by atoms with Crippen LogP contribution >= 0.6 is 0 Å². The van der Waals surface area contributed by atoms with Crippen molar-refractivity contribution >= 4 is 5.69 Å². The first-order chi connectivity index (χ1) is 15.7.